The van der Waals surface area contributed by atoms with E-state index in [1.165, 1.54) is 6.20 Å². The van der Waals surface area contributed by atoms with Crippen molar-refractivity contribution in [2.24, 2.45) is 0 Å². The minimum absolute atomic E-state index is 0. The first-order valence-corrected chi connectivity index (χ1v) is 10.8. The topological polar surface area (TPSA) is 125 Å². The molecule has 0 saturated carbocycles. The molecule has 0 aliphatic rings. The molecule has 0 unspecified atom stereocenters. The van der Waals surface area contributed by atoms with Gasteiger partial charge in [-0.15, -0.1) is 10.2 Å². The predicted octanol–water partition coefficient (Wildman–Crippen LogP) is 4.12. The quantitative estimate of drug-likeness (QED) is 0.506. The van der Waals surface area contributed by atoms with E-state index in [-0.39, 0.29) is 25.2 Å². The molecule has 30 heavy (non-hydrogen) atoms. The van der Waals surface area contributed by atoms with Crippen LogP contribution in [0.2, 0.25) is 0 Å². The van der Waals surface area contributed by atoms with Crippen LogP contribution in [0.25, 0.3) is 34.3 Å². The van der Waals surface area contributed by atoms with Gasteiger partial charge in [-0.05, 0) is 38.1 Å². The Kier molecular flexibility index (Phi) is 5.04. The van der Waals surface area contributed by atoms with Crippen LogP contribution in [0.4, 0.5) is 5.82 Å². The van der Waals surface area contributed by atoms with E-state index < -0.39 is 15.1 Å². The highest BCUT2D eigenvalue weighted by Crippen LogP contribution is 2.28. The average Bonchev–Trinajstić information content (AvgIpc) is 3.25. The smallest absolute Gasteiger partial charge is 0.270 e. The van der Waals surface area contributed by atoms with E-state index in [2.05, 4.69) is 20.2 Å². The summed E-state index contributed by atoms with van der Waals surface area (Å²) < 4.78 is 30.4. The Hall–Kier alpha value is -3.59. The number of benzene rings is 2. The van der Waals surface area contributed by atoms with E-state index in [4.69, 9.17) is 10.2 Å². The molecule has 0 bridgehead atoms. The van der Waals surface area contributed by atoms with Crippen LogP contribution in [0, 0.1) is 0 Å². The summed E-state index contributed by atoms with van der Waals surface area (Å²) in [4.78, 5) is 8.95. The molecular formula is C21H23N5O3S. The molecule has 9 heteroatoms. The van der Waals surface area contributed by atoms with Crippen LogP contribution in [-0.4, -0.2) is 33.8 Å². The average molecular weight is 426 g/mol. The summed E-state index contributed by atoms with van der Waals surface area (Å²) in [6.45, 7) is 3.30. The Balaban J connectivity index is 0.00000181. The van der Waals surface area contributed by atoms with Crippen LogP contribution >= 0.6 is 0 Å². The van der Waals surface area contributed by atoms with Gasteiger partial charge in [-0.1, -0.05) is 30.3 Å². The Morgan fingerprint density at radius 2 is 1.60 bits per heavy atom. The fourth-order valence-corrected chi connectivity index (χ4v) is 3.86. The number of nitrogen functional groups attached to an aromatic ring is 1. The zero-order chi connectivity index (χ0) is 21.3. The molecule has 0 radical (unpaired) electrons. The maximum atomic E-state index is 12.3. The Labute approximate surface area is 176 Å². The van der Waals surface area contributed by atoms with Gasteiger partial charge in [0.25, 0.3) is 5.89 Å². The zero-order valence-corrected chi connectivity index (χ0v) is 17.2. The lowest BCUT2D eigenvalue weighted by Crippen LogP contribution is -2.13. The van der Waals surface area contributed by atoms with Gasteiger partial charge in [-0.3, -0.25) is 0 Å². The number of sulfone groups is 1. The second kappa shape index (κ2) is 7.68. The second-order valence-electron chi connectivity index (χ2n) is 6.89. The van der Waals surface area contributed by atoms with Crippen LogP contribution in [0.1, 0.15) is 16.7 Å². The molecule has 2 aromatic heterocycles. The molecule has 4 rings (SSSR count). The maximum Gasteiger partial charge on any atom is 0.270 e. The van der Waals surface area contributed by atoms with Crippen molar-refractivity contribution in [3.63, 3.8) is 0 Å². The lowest BCUT2D eigenvalue weighted by molar-refractivity contribution is 0.582. The zero-order valence-electron chi connectivity index (χ0n) is 16.4. The third-order valence-corrected chi connectivity index (χ3v) is 6.72. The standard InChI is InChI=1S/C21H19N5O3S.2H2/c1-13(2)30(27,28)16-10-8-14(9-11-16)17-12-23-19(22)18(24-17)21-26-25-20(29-21)15-6-4-3-5-7-15;;/h3-13H,1-2H3,(H2,22,23);2*1H. The van der Waals surface area contributed by atoms with Crippen LogP contribution in [0.15, 0.2) is 70.1 Å². The number of aromatic nitrogens is 4. The maximum absolute atomic E-state index is 12.3. The summed E-state index contributed by atoms with van der Waals surface area (Å²) in [5.41, 5.74) is 8.22. The van der Waals surface area contributed by atoms with Crippen LogP contribution in [0.5, 0.6) is 0 Å². The molecule has 0 saturated heterocycles. The molecule has 0 spiro atoms. The minimum Gasteiger partial charge on any atom is -0.414 e. The summed E-state index contributed by atoms with van der Waals surface area (Å²) >= 11 is 0. The van der Waals surface area contributed by atoms with Gasteiger partial charge >= 0.3 is 0 Å². The van der Waals surface area contributed by atoms with Gasteiger partial charge in [-0.25, -0.2) is 18.4 Å². The third-order valence-electron chi connectivity index (χ3n) is 4.55. The highest BCUT2D eigenvalue weighted by atomic mass is 32.2. The Morgan fingerprint density at radius 3 is 2.27 bits per heavy atom. The number of hydrogen-bond acceptors (Lipinski definition) is 8. The van der Waals surface area contributed by atoms with E-state index in [1.807, 2.05) is 30.3 Å². The van der Waals surface area contributed by atoms with Crippen molar-refractivity contribution in [1.29, 1.82) is 0 Å². The van der Waals surface area contributed by atoms with Crippen molar-refractivity contribution < 1.29 is 15.7 Å². The minimum atomic E-state index is -3.35. The van der Waals surface area contributed by atoms with Gasteiger partial charge in [0.15, 0.2) is 21.3 Å². The first-order chi connectivity index (χ1) is 14.4. The Bertz CT molecular complexity index is 1290. The van der Waals surface area contributed by atoms with E-state index in [9.17, 15) is 8.42 Å². The molecule has 2 aromatic carbocycles. The highest BCUT2D eigenvalue weighted by molar-refractivity contribution is 7.92. The van der Waals surface area contributed by atoms with Crippen LogP contribution < -0.4 is 5.73 Å². The van der Waals surface area contributed by atoms with Gasteiger partial charge < -0.3 is 10.2 Å². The molecule has 0 fully saturated rings. The summed E-state index contributed by atoms with van der Waals surface area (Å²) in [6, 6.07) is 15.8. The van der Waals surface area contributed by atoms with Crippen molar-refractivity contribution in [2.75, 3.05) is 5.73 Å². The SMILES string of the molecule is CC(C)S(=O)(=O)c1ccc(-c2cnc(N)c(-c3nnc(-c4ccccc4)o3)n2)cc1.[HH].[HH]. The van der Waals surface area contributed by atoms with Gasteiger partial charge in [0, 0.05) is 14.0 Å². The van der Waals surface area contributed by atoms with E-state index in [1.54, 1.807) is 38.1 Å². The van der Waals surface area contributed by atoms with Crippen molar-refractivity contribution in [3.8, 4) is 34.3 Å². The van der Waals surface area contributed by atoms with E-state index >= 15 is 0 Å². The summed E-state index contributed by atoms with van der Waals surface area (Å²) in [5.74, 6) is 0.654. The molecule has 156 valence electrons. The summed E-state index contributed by atoms with van der Waals surface area (Å²) in [5, 5.41) is 7.60. The van der Waals surface area contributed by atoms with Crippen molar-refractivity contribution >= 4 is 15.7 Å². The van der Waals surface area contributed by atoms with E-state index in [0.29, 0.717) is 17.1 Å². The predicted molar refractivity (Wildman–Crippen MR) is 117 cm³/mol. The van der Waals surface area contributed by atoms with Gasteiger partial charge in [0.05, 0.1) is 22.0 Å². The molecule has 2 N–H and O–H groups in total. The van der Waals surface area contributed by atoms with E-state index in [0.717, 1.165) is 5.56 Å². The van der Waals surface area contributed by atoms with Gasteiger partial charge in [-0.2, -0.15) is 0 Å². The number of nitrogens with zero attached hydrogens (tertiary/aromatic N) is 4. The van der Waals surface area contributed by atoms with Crippen LogP contribution in [0.3, 0.4) is 0 Å². The molecule has 0 amide bonds. The molecule has 8 nitrogen and oxygen atoms in total. The second-order valence-corrected chi connectivity index (χ2v) is 9.39. The molecular weight excluding hydrogens is 402 g/mol. The lowest BCUT2D eigenvalue weighted by atomic mass is 10.1. The number of nitrogens with two attached hydrogens (primary N) is 1. The summed E-state index contributed by atoms with van der Waals surface area (Å²) in [7, 11) is -3.35. The molecule has 0 aliphatic carbocycles. The molecule has 2 heterocycles. The number of anilines is 1. The normalized spacial score (nSPS) is 11.7. The highest BCUT2D eigenvalue weighted by Gasteiger charge is 2.20. The summed E-state index contributed by atoms with van der Waals surface area (Å²) in [6.07, 6.45) is 1.51. The van der Waals surface area contributed by atoms with Crippen molar-refractivity contribution in [3.05, 3.63) is 60.8 Å². The molecule has 0 atom stereocenters. The van der Waals surface area contributed by atoms with Gasteiger partial charge in [0.2, 0.25) is 5.89 Å². The fourth-order valence-electron chi connectivity index (χ4n) is 2.80. The number of hydrogen-bond donors (Lipinski definition) is 1. The number of rotatable bonds is 5. The Morgan fingerprint density at radius 1 is 0.933 bits per heavy atom. The molecule has 4 aromatic rings. The first-order valence-electron chi connectivity index (χ1n) is 9.22. The van der Waals surface area contributed by atoms with Crippen molar-refractivity contribution in [1.82, 2.24) is 20.2 Å². The molecule has 0 aliphatic heterocycles. The third kappa shape index (κ3) is 3.67. The first kappa shape index (κ1) is 19.7. The van der Waals surface area contributed by atoms with Gasteiger partial charge in [0.1, 0.15) is 0 Å². The lowest BCUT2D eigenvalue weighted by Gasteiger charge is -2.09. The van der Waals surface area contributed by atoms with Crippen molar-refractivity contribution in [2.45, 2.75) is 24.0 Å². The monoisotopic (exact) mass is 425 g/mol. The fraction of sp³-hybridized carbons (Fsp3) is 0.143. The largest absolute Gasteiger partial charge is 0.414 e. The van der Waals surface area contributed by atoms with Crippen LogP contribution in [-0.2, 0) is 9.84 Å².